The number of amides is 1. The molecule has 2 unspecified atom stereocenters. The van der Waals surface area contributed by atoms with E-state index in [4.69, 9.17) is 0 Å². The average molecular weight is 292 g/mol. The van der Waals surface area contributed by atoms with Crippen LogP contribution in [0.3, 0.4) is 0 Å². The molecule has 0 aliphatic carbocycles. The first-order valence-corrected chi connectivity index (χ1v) is 7.82. The fourth-order valence-corrected chi connectivity index (χ4v) is 2.03. The molecule has 0 radical (unpaired) electrons. The molecule has 2 atom stereocenters. The number of phenols is 1. The summed E-state index contributed by atoms with van der Waals surface area (Å²) in [5, 5.41) is 15.6. The Labute approximate surface area is 128 Å². The SMILES string of the molecule is CCC(C)NC(=O)CCNC(C)CCc1ccc(O)cc1. The molecular formula is C17H28N2O2. The average Bonchev–Trinajstić information content (AvgIpc) is 2.46. The molecule has 1 aromatic carbocycles. The van der Waals surface area contributed by atoms with E-state index in [2.05, 4.69) is 24.5 Å². The first kappa shape index (κ1) is 17.5. The third kappa shape index (κ3) is 7.71. The van der Waals surface area contributed by atoms with Gasteiger partial charge in [0.25, 0.3) is 0 Å². The summed E-state index contributed by atoms with van der Waals surface area (Å²) in [6.45, 7) is 6.92. The number of aromatic hydroxyl groups is 1. The molecule has 0 aliphatic rings. The van der Waals surface area contributed by atoms with Gasteiger partial charge in [-0.2, -0.15) is 0 Å². The highest BCUT2D eigenvalue weighted by Gasteiger charge is 2.07. The van der Waals surface area contributed by atoms with Gasteiger partial charge in [-0.15, -0.1) is 0 Å². The second kappa shape index (κ2) is 9.40. The molecule has 1 amide bonds. The summed E-state index contributed by atoms with van der Waals surface area (Å²) in [7, 11) is 0. The smallest absolute Gasteiger partial charge is 0.221 e. The third-order valence-electron chi connectivity index (χ3n) is 3.67. The predicted molar refractivity (Wildman–Crippen MR) is 86.4 cm³/mol. The summed E-state index contributed by atoms with van der Waals surface area (Å²) in [6.07, 6.45) is 3.46. The van der Waals surface area contributed by atoms with Crippen molar-refractivity contribution in [3.8, 4) is 5.75 Å². The molecule has 118 valence electrons. The van der Waals surface area contributed by atoms with Crippen molar-refractivity contribution in [2.75, 3.05) is 6.54 Å². The Hall–Kier alpha value is -1.55. The van der Waals surface area contributed by atoms with Gasteiger partial charge in [0.05, 0.1) is 0 Å². The molecule has 0 spiro atoms. The summed E-state index contributed by atoms with van der Waals surface area (Å²) in [6, 6.07) is 7.95. The monoisotopic (exact) mass is 292 g/mol. The van der Waals surface area contributed by atoms with Gasteiger partial charge in [0.2, 0.25) is 5.91 Å². The standard InChI is InChI=1S/C17H28N2O2/c1-4-13(2)19-17(21)11-12-18-14(3)5-6-15-7-9-16(20)10-8-15/h7-10,13-14,18,20H,4-6,11-12H2,1-3H3,(H,19,21). The highest BCUT2D eigenvalue weighted by molar-refractivity contribution is 5.76. The van der Waals surface area contributed by atoms with E-state index in [9.17, 15) is 9.90 Å². The van der Waals surface area contributed by atoms with Crippen LogP contribution in [0.1, 0.15) is 45.6 Å². The molecule has 1 rings (SSSR count). The minimum atomic E-state index is 0.114. The zero-order valence-electron chi connectivity index (χ0n) is 13.4. The first-order chi connectivity index (χ1) is 10.0. The van der Waals surface area contributed by atoms with Gasteiger partial charge in [-0.1, -0.05) is 19.1 Å². The lowest BCUT2D eigenvalue weighted by atomic mass is 10.1. The van der Waals surface area contributed by atoms with Gasteiger partial charge < -0.3 is 15.7 Å². The van der Waals surface area contributed by atoms with Crippen molar-refractivity contribution in [2.45, 2.75) is 58.5 Å². The number of phenolic OH excluding ortho intramolecular Hbond substituents is 1. The molecule has 1 aromatic rings. The van der Waals surface area contributed by atoms with Crippen molar-refractivity contribution in [3.63, 3.8) is 0 Å². The number of hydrogen-bond donors (Lipinski definition) is 3. The first-order valence-electron chi connectivity index (χ1n) is 7.82. The molecule has 3 N–H and O–H groups in total. The van der Waals surface area contributed by atoms with Crippen molar-refractivity contribution in [1.82, 2.24) is 10.6 Å². The molecule has 0 aromatic heterocycles. The predicted octanol–water partition coefficient (Wildman–Crippen LogP) is 2.61. The summed E-state index contributed by atoms with van der Waals surface area (Å²) >= 11 is 0. The lowest BCUT2D eigenvalue weighted by Crippen LogP contribution is -2.35. The Morgan fingerprint density at radius 3 is 2.48 bits per heavy atom. The molecule has 0 heterocycles. The second-order valence-electron chi connectivity index (χ2n) is 5.69. The van der Waals surface area contributed by atoms with Crippen molar-refractivity contribution in [2.24, 2.45) is 0 Å². The molecule has 4 heteroatoms. The van der Waals surface area contributed by atoms with Gasteiger partial charge in [-0.3, -0.25) is 4.79 Å². The van der Waals surface area contributed by atoms with Gasteiger partial charge in [0.15, 0.2) is 0 Å². The molecule has 21 heavy (non-hydrogen) atoms. The molecule has 0 bridgehead atoms. The van der Waals surface area contributed by atoms with Crippen LogP contribution in [0, 0.1) is 0 Å². The van der Waals surface area contributed by atoms with E-state index in [0.717, 1.165) is 19.3 Å². The van der Waals surface area contributed by atoms with Crippen LogP contribution in [-0.2, 0) is 11.2 Å². The lowest BCUT2D eigenvalue weighted by Gasteiger charge is -2.15. The highest BCUT2D eigenvalue weighted by atomic mass is 16.3. The van der Waals surface area contributed by atoms with Crippen molar-refractivity contribution >= 4 is 5.91 Å². The largest absolute Gasteiger partial charge is 0.508 e. The van der Waals surface area contributed by atoms with E-state index in [-0.39, 0.29) is 11.9 Å². The maximum Gasteiger partial charge on any atom is 0.221 e. The maximum absolute atomic E-state index is 11.6. The molecule has 0 saturated carbocycles. The van der Waals surface area contributed by atoms with E-state index < -0.39 is 0 Å². The number of hydrogen-bond acceptors (Lipinski definition) is 3. The van der Waals surface area contributed by atoms with Gasteiger partial charge >= 0.3 is 0 Å². The van der Waals surface area contributed by atoms with Crippen LogP contribution in [0.5, 0.6) is 5.75 Å². The summed E-state index contributed by atoms with van der Waals surface area (Å²) in [5.41, 5.74) is 1.22. The number of carbonyl (C=O) groups excluding carboxylic acids is 1. The summed E-state index contributed by atoms with van der Waals surface area (Å²) in [5.74, 6) is 0.417. The molecule has 0 fully saturated rings. The van der Waals surface area contributed by atoms with Crippen LogP contribution in [-0.4, -0.2) is 29.6 Å². The Bertz CT molecular complexity index is 417. The summed E-state index contributed by atoms with van der Waals surface area (Å²) < 4.78 is 0. The quantitative estimate of drug-likeness (QED) is 0.655. The maximum atomic E-state index is 11.6. The molecular weight excluding hydrogens is 264 g/mol. The Kier molecular flexibility index (Phi) is 7.83. The van der Waals surface area contributed by atoms with Gasteiger partial charge in [0, 0.05) is 25.0 Å². The topological polar surface area (TPSA) is 61.4 Å². The normalized spacial score (nSPS) is 13.7. The Morgan fingerprint density at radius 1 is 1.19 bits per heavy atom. The molecule has 0 aliphatic heterocycles. The van der Waals surface area contributed by atoms with Gasteiger partial charge in [0.1, 0.15) is 5.75 Å². The number of aryl methyl sites for hydroxylation is 1. The number of benzene rings is 1. The van der Waals surface area contributed by atoms with E-state index in [0.29, 0.717) is 24.8 Å². The zero-order valence-corrected chi connectivity index (χ0v) is 13.4. The van der Waals surface area contributed by atoms with Crippen molar-refractivity contribution in [3.05, 3.63) is 29.8 Å². The molecule has 0 saturated heterocycles. The highest BCUT2D eigenvalue weighted by Crippen LogP contribution is 2.11. The zero-order chi connectivity index (χ0) is 15.7. The van der Waals surface area contributed by atoms with E-state index in [1.54, 1.807) is 12.1 Å². The van der Waals surface area contributed by atoms with Crippen LogP contribution in [0.15, 0.2) is 24.3 Å². The fraction of sp³-hybridized carbons (Fsp3) is 0.588. The molecule has 4 nitrogen and oxygen atoms in total. The third-order valence-corrected chi connectivity index (χ3v) is 3.67. The van der Waals surface area contributed by atoms with Gasteiger partial charge in [-0.25, -0.2) is 0 Å². The van der Waals surface area contributed by atoms with Crippen LogP contribution < -0.4 is 10.6 Å². The van der Waals surface area contributed by atoms with Crippen molar-refractivity contribution in [1.29, 1.82) is 0 Å². The summed E-state index contributed by atoms with van der Waals surface area (Å²) in [4.78, 5) is 11.6. The van der Waals surface area contributed by atoms with Crippen molar-refractivity contribution < 1.29 is 9.90 Å². The van der Waals surface area contributed by atoms with Crippen LogP contribution in [0.2, 0.25) is 0 Å². The van der Waals surface area contributed by atoms with Crippen LogP contribution in [0.25, 0.3) is 0 Å². The number of carbonyl (C=O) groups is 1. The van der Waals surface area contributed by atoms with Crippen LogP contribution >= 0.6 is 0 Å². The van der Waals surface area contributed by atoms with E-state index in [1.807, 2.05) is 19.1 Å². The van der Waals surface area contributed by atoms with E-state index >= 15 is 0 Å². The fourth-order valence-electron chi connectivity index (χ4n) is 2.03. The second-order valence-corrected chi connectivity index (χ2v) is 5.69. The minimum Gasteiger partial charge on any atom is -0.508 e. The van der Waals surface area contributed by atoms with Crippen LogP contribution in [0.4, 0.5) is 0 Å². The Balaban J connectivity index is 2.15. The minimum absolute atomic E-state index is 0.114. The Morgan fingerprint density at radius 2 is 1.86 bits per heavy atom. The number of rotatable bonds is 9. The lowest BCUT2D eigenvalue weighted by molar-refractivity contribution is -0.121. The van der Waals surface area contributed by atoms with E-state index in [1.165, 1.54) is 5.56 Å². The number of nitrogens with one attached hydrogen (secondary N) is 2. The van der Waals surface area contributed by atoms with Gasteiger partial charge in [-0.05, 0) is 50.8 Å².